The molecule has 0 radical (unpaired) electrons. The van der Waals surface area contributed by atoms with Gasteiger partial charge in [-0.3, -0.25) is 4.90 Å². The molecule has 0 heterocycles. The molecule has 1 aliphatic carbocycles. The van der Waals surface area contributed by atoms with E-state index in [4.69, 9.17) is 5.11 Å². The molecule has 0 aromatic heterocycles. The van der Waals surface area contributed by atoms with Crippen molar-refractivity contribution in [2.75, 3.05) is 4.90 Å². The number of nitrogens with one attached hydrogen (secondary N) is 2. The fraction of sp³-hybridized carbons (Fsp3) is 0.333. The zero-order valence-electron chi connectivity index (χ0n) is 15.5. The molecule has 1 fully saturated rings. The van der Waals surface area contributed by atoms with Gasteiger partial charge < -0.3 is 15.7 Å². The van der Waals surface area contributed by atoms with Crippen molar-refractivity contribution in [1.29, 1.82) is 0 Å². The van der Waals surface area contributed by atoms with Gasteiger partial charge in [-0.05, 0) is 55.5 Å². The zero-order chi connectivity index (χ0) is 19.9. The Morgan fingerprint density at radius 3 is 2.25 bits per heavy atom. The van der Waals surface area contributed by atoms with E-state index in [1.165, 1.54) is 0 Å². The Balaban J connectivity index is 1.71. The second-order valence-corrected chi connectivity index (χ2v) is 7.86. The summed E-state index contributed by atoms with van der Waals surface area (Å²) in [5.41, 5.74) is 1.88. The van der Waals surface area contributed by atoms with E-state index in [9.17, 15) is 9.59 Å². The van der Waals surface area contributed by atoms with Crippen molar-refractivity contribution in [3.63, 3.8) is 0 Å². The van der Waals surface area contributed by atoms with Gasteiger partial charge in [0.05, 0.1) is 0 Å². The predicted molar refractivity (Wildman–Crippen MR) is 113 cm³/mol. The van der Waals surface area contributed by atoms with Gasteiger partial charge in [0.1, 0.15) is 0 Å². The lowest BCUT2D eigenvalue weighted by Crippen LogP contribution is -2.49. The number of hydrogen-bond acceptors (Lipinski definition) is 2. The number of anilines is 1. The minimum atomic E-state index is -0.992. The van der Waals surface area contributed by atoms with Crippen molar-refractivity contribution >= 4 is 33.7 Å². The largest absolute Gasteiger partial charge is 0.465 e. The lowest BCUT2D eigenvalue weighted by Gasteiger charge is -2.37. The molecule has 0 atom stereocenters. The first kappa shape index (κ1) is 20.2. The van der Waals surface area contributed by atoms with Gasteiger partial charge in [-0.25, -0.2) is 9.59 Å². The summed E-state index contributed by atoms with van der Waals surface area (Å²) in [4.78, 5) is 25.7. The number of carbonyl (C=O) groups is 2. The van der Waals surface area contributed by atoms with Crippen molar-refractivity contribution in [3.05, 3.63) is 64.6 Å². The maximum Gasteiger partial charge on any atom is 0.404 e. The number of benzene rings is 2. The Kier molecular flexibility index (Phi) is 6.92. The summed E-state index contributed by atoms with van der Waals surface area (Å²) in [6.45, 7) is 0.461. The highest BCUT2D eigenvalue weighted by molar-refractivity contribution is 9.10. The molecule has 0 saturated heterocycles. The van der Waals surface area contributed by atoms with Gasteiger partial charge in [-0.2, -0.15) is 0 Å². The average Bonchev–Trinajstić information content (AvgIpc) is 2.70. The molecule has 1 saturated carbocycles. The summed E-state index contributed by atoms with van der Waals surface area (Å²) in [6.07, 6.45) is 1.94. The molecule has 148 valence electrons. The molecule has 0 aliphatic heterocycles. The summed E-state index contributed by atoms with van der Waals surface area (Å²) >= 11 is 3.44. The fourth-order valence-electron chi connectivity index (χ4n) is 3.61. The van der Waals surface area contributed by atoms with Gasteiger partial charge in [-0.1, -0.05) is 46.3 Å². The van der Waals surface area contributed by atoms with Crippen LogP contribution in [-0.2, 0) is 6.54 Å². The van der Waals surface area contributed by atoms with Crippen molar-refractivity contribution in [2.24, 2.45) is 0 Å². The first-order chi connectivity index (χ1) is 13.5. The molecule has 2 aromatic carbocycles. The highest BCUT2D eigenvalue weighted by Gasteiger charge is 2.30. The zero-order valence-corrected chi connectivity index (χ0v) is 17.1. The first-order valence-corrected chi connectivity index (χ1v) is 10.2. The molecular formula is C21H24BrN3O3. The van der Waals surface area contributed by atoms with Crippen LogP contribution in [0.3, 0.4) is 0 Å². The monoisotopic (exact) mass is 445 g/mol. The lowest BCUT2D eigenvalue weighted by atomic mass is 9.90. The van der Waals surface area contributed by atoms with Crippen LogP contribution in [-0.4, -0.2) is 29.3 Å². The minimum Gasteiger partial charge on any atom is -0.465 e. The first-order valence-electron chi connectivity index (χ1n) is 9.39. The maximum absolute atomic E-state index is 13.1. The second-order valence-electron chi connectivity index (χ2n) is 6.95. The van der Waals surface area contributed by atoms with E-state index < -0.39 is 6.09 Å². The van der Waals surface area contributed by atoms with Crippen LogP contribution in [0.25, 0.3) is 0 Å². The van der Waals surface area contributed by atoms with Gasteiger partial charge in [0.2, 0.25) is 0 Å². The van der Waals surface area contributed by atoms with E-state index in [1.807, 2.05) is 59.5 Å². The fourth-order valence-corrected chi connectivity index (χ4v) is 3.87. The van der Waals surface area contributed by atoms with Crippen LogP contribution in [0.15, 0.2) is 59.1 Å². The molecule has 3 amide bonds. The molecular weight excluding hydrogens is 422 g/mol. The molecule has 0 unspecified atom stereocenters. The van der Waals surface area contributed by atoms with Gasteiger partial charge in [0.15, 0.2) is 0 Å². The van der Waals surface area contributed by atoms with Crippen LogP contribution in [0.1, 0.15) is 31.2 Å². The van der Waals surface area contributed by atoms with E-state index in [0.29, 0.717) is 6.54 Å². The third-order valence-electron chi connectivity index (χ3n) is 5.00. The van der Waals surface area contributed by atoms with Gasteiger partial charge >= 0.3 is 12.1 Å². The van der Waals surface area contributed by atoms with Crippen LogP contribution >= 0.6 is 15.9 Å². The van der Waals surface area contributed by atoms with Gasteiger partial charge in [-0.15, -0.1) is 0 Å². The maximum atomic E-state index is 13.1. The SMILES string of the molecule is O=C(O)N[C@H]1CC[C@H](N(C(=O)NCc2ccccc2)c2ccc(Br)cc2)CC1. The smallest absolute Gasteiger partial charge is 0.404 e. The normalized spacial score (nSPS) is 18.9. The van der Waals surface area contributed by atoms with E-state index in [0.717, 1.165) is 41.4 Å². The van der Waals surface area contributed by atoms with Crippen LogP contribution in [0.2, 0.25) is 0 Å². The molecule has 2 aromatic rings. The Labute approximate surface area is 173 Å². The number of urea groups is 1. The number of carbonyl (C=O) groups excluding carboxylic acids is 1. The predicted octanol–water partition coefficient (Wildman–Crippen LogP) is 4.74. The van der Waals surface area contributed by atoms with Crippen molar-refractivity contribution < 1.29 is 14.7 Å². The van der Waals surface area contributed by atoms with Crippen LogP contribution < -0.4 is 15.5 Å². The van der Waals surface area contributed by atoms with Crippen LogP contribution in [0.5, 0.6) is 0 Å². The standard InChI is InChI=1S/C21H24BrN3O3/c22-16-6-10-18(11-7-16)25(19-12-8-17(9-13-19)24-21(27)28)20(26)23-14-15-4-2-1-3-5-15/h1-7,10-11,17,19,24H,8-9,12-14H2,(H,23,26)(H,27,28)/t17-,19-. The molecule has 7 heteroatoms. The summed E-state index contributed by atoms with van der Waals surface area (Å²) < 4.78 is 0.954. The number of nitrogens with zero attached hydrogens (tertiary/aromatic N) is 1. The Morgan fingerprint density at radius 2 is 1.64 bits per heavy atom. The third kappa shape index (κ3) is 5.48. The number of amides is 3. The van der Waals surface area contributed by atoms with E-state index in [1.54, 1.807) is 0 Å². The quantitative estimate of drug-likeness (QED) is 0.621. The third-order valence-corrected chi connectivity index (χ3v) is 5.53. The van der Waals surface area contributed by atoms with E-state index >= 15 is 0 Å². The van der Waals surface area contributed by atoms with E-state index in [2.05, 4.69) is 26.6 Å². The molecule has 3 N–H and O–H groups in total. The van der Waals surface area contributed by atoms with Gasteiger partial charge in [0, 0.05) is 28.8 Å². The van der Waals surface area contributed by atoms with Crippen molar-refractivity contribution in [3.8, 4) is 0 Å². The lowest BCUT2D eigenvalue weighted by molar-refractivity contribution is 0.184. The molecule has 6 nitrogen and oxygen atoms in total. The minimum absolute atomic E-state index is 0.0313. The van der Waals surface area contributed by atoms with Crippen molar-refractivity contribution in [2.45, 2.75) is 44.3 Å². The van der Waals surface area contributed by atoms with Gasteiger partial charge in [0.25, 0.3) is 0 Å². The topological polar surface area (TPSA) is 81.7 Å². The molecule has 0 bridgehead atoms. The summed E-state index contributed by atoms with van der Waals surface area (Å²) in [5, 5.41) is 14.5. The Hall–Kier alpha value is -2.54. The summed E-state index contributed by atoms with van der Waals surface area (Å²) in [5.74, 6) is 0. The highest BCUT2D eigenvalue weighted by atomic mass is 79.9. The number of hydrogen-bond donors (Lipinski definition) is 3. The number of halogens is 1. The number of rotatable bonds is 5. The average molecular weight is 446 g/mol. The summed E-state index contributed by atoms with van der Waals surface area (Å²) in [6, 6.07) is 17.3. The molecule has 0 spiro atoms. The Morgan fingerprint density at radius 1 is 1.00 bits per heavy atom. The molecule has 1 aliphatic rings. The number of carboxylic acid groups (broad SMARTS) is 1. The second kappa shape index (κ2) is 9.59. The van der Waals surface area contributed by atoms with Crippen molar-refractivity contribution in [1.82, 2.24) is 10.6 Å². The van der Waals surface area contributed by atoms with E-state index in [-0.39, 0.29) is 18.1 Å². The molecule has 3 rings (SSSR count). The highest BCUT2D eigenvalue weighted by Crippen LogP contribution is 2.29. The molecule has 28 heavy (non-hydrogen) atoms. The summed E-state index contributed by atoms with van der Waals surface area (Å²) in [7, 11) is 0. The van der Waals surface area contributed by atoms with Crippen LogP contribution in [0.4, 0.5) is 15.3 Å². The van der Waals surface area contributed by atoms with Crippen LogP contribution in [0, 0.1) is 0 Å². The Bertz CT molecular complexity index is 790.